The van der Waals surface area contributed by atoms with Crippen molar-refractivity contribution in [2.75, 3.05) is 26.2 Å². The van der Waals surface area contributed by atoms with Crippen LogP contribution >= 0.6 is 11.6 Å². The smallest absolute Gasteiger partial charge is 0.290 e. The number of hydrogen-bond acceptors (Lipinski definition) is 4. The minimum absolute atomic E-state index is 0.117. The van der Waals surface area contributed by atoms with Gasteiger partial charge in [-0.05, 0) is 23.8 Å². The number of para-hydroxylation sites is 1. The van der Waals surface area contributed by atoms with E-state index < -0.39 is 0 Å². The van der Waals surface area contributed by atoms with Crippen LogP contribution < -0.4 is 4.74 Å². The van der Waals surface area contributed by atoms with Gasteiger partial charge in [0.15, 0.2) is 5.76 Å². The number of hydrogen-bond donors (Lipinski definition) is 0. The van der Waals surface area contributed by atoms with Gasteiger partial charge >= 0.3 is 0 Å². The van der Waals surface area contributed by atoms with Crippen molar-refractivity contribution in [1.29, 1.82) is 0 Å². The molecule has 0 radical (unpaired) electrons. The van der Waals surface area contributed by atoms with Crippen molar-refractivity contribution in [3.8, 4) is 11.7 Å². The molecule has 4 rings (SSSR count). The summed E-state index contributed by atoms with van der Waals surface area (Å²) in [7, 11) is 0. The Hall–Kier alpha value is -2.76. The predicted molar refractivity (Wildman–Crippen MR) is 108 cm³/mol. The number of carbonyl (C=O) groups excluding carboxylic acids is 1. The van der Waals surface area contributed by atoms with E-state index in [0.29, 0.717) is 23.9 Å². The molecule has 0 bridgehead atoms. The van der Waals surface area contributed by atoms with Gasteiger partial charge in [-0.25, -0.2) is 0 Å². The molecule has 1 amide bonds. The maximum absolute atomic E-state index is 12.7. The first-order valence-electron chi connectivity index (χ1n) is 9.27. The monoisotopic (exact) mass is 396 g/mol. The highest BCUT2D eigenvalue weighted by Gasteiger charge is 2.24. The lowest BCUT2D eigenvalue weighted by Crippen LogP contribution is -2.48. The van der Waals surface area contributed by atoms with E-state index in [1.54, 1.807) is 24.3 Å². The van der Waals surface area contributed by atoms with Gasteiger partial charge in [-0.2, -0.15) is 0 Å². The van der Waals surface area contributed by atoms with Crippen molar-refractivity contribution in [1.82, 2.24) is 9.80 Å². The van der Waals surface area contributed by atoms with E-state index in [1.165, 1.54) is 5.56 Å². The highest BCUT2D eigenvalue weighted by Crippen LogP contribution is 2.30. The Morgan fingerprint density at radius 1 is 0.929 bits per heavy atom. The van der Waals surface area contributed by atoms with Gasteiger partial charge < -0.3 is 14.1 Å². The molecule has 0 spiro atoms. The van der Waals surface area contributed by atoms with Gasteiger partial charge in [0, 0.05) is 38.8 Å². The molecule has 0 saturated carbocycles. The zero-order valence-corrected chi connectivity index (χ0v) is 16.1. The van der Waals surface area contributed by atoms with Crippen LogP contribution in [0.4, 0.5) is 0 Å². The van der Waals surface area contributed by atoms with Gasteiger partial charge in [-0.3, -0.25) is 9.69 Å². The summed E-state index contributed by atoms with van der Waals surface area (Å²) in [6.45, 7) is 3.92. The lowest BCUT2D eigenvalue weighted by Gasteiger charge is -2.34. The summed E-state index contributed by atoms with van der Waals surface area (Å²) in [5, 5.41) is 0.487. The van der Waals surface area contributed by atoms with Gasteiger partial charge in [0.05, 0.1) is 5.02 Å². The Bertz CT molecular complexity index is 934. The zero-order valence-electron chi connectivity index (χ0n) is 15.4. The predicted octanol–water partition coefficient (Wildman–Crippen LogP) is 4.68. The summed E-state index contributed by atoms with van der Waals surface area (Å²) < 4.78 is 11.2. The molecule has 0 atom stereocenters. The normalized spacial score (nSPS) is 14.8. The second-order valence-corrected chi connectivity index (χ2v) is 7.11. The van der Waals surface area contributed by atoms with Crippen molar-refractivity contribution in [3.05, 3.63) is 83.1 Å². The minimum Gasteiger partial charge on any atom is -0.424 e. The molecular formula is C22H21ClN2O3. The van der Waals surface area contributed by atoms with Crippen LogP contribution in [0.3, 0.4) is 0 Å². The molecule has 1 aliphatic rings. The SMILES string of the molecule is O=C(c1ccc(Oc2ccccc2Cl)o1)N1CCN(Cc2ccccc2)CC1. The third-order valence-corrected chi connectivity index (χ3v) is 5.06. The van der Waals surface area contributed by atoms with Crippen LogP contribution in [-0.2, 0) is 6.54 Å². The highest BCUT2D eigenvalue weighted by atomic mass is 35.5. The fraction of sp³-hybridized carbons (Fsp3) is 0.227. The third kappa shape index (κ3) is 4.38. The van der Waals surface area contributed by atoms with E-state index in [9.17, 15) is 4.79 Å². The molecule has 2 aromatic carbocycles. The lowest BCUT2D eigenvalue weighted by atomic mass is 10.2. The van der Waals surface area contributed by atoms with Crippen LogP contribution in [0.25, 0.3) is 0 Å². The number of furan rings is 1. The number of piperazine rings is 1. The maximum Gasteiger partial charge on any atom is 0.290 e. The lowest BCUT2D eigenvalue weighted by molar-refractivity contribution is 0.0593. The van der Waals surface area contributed by atoms with Crippen LogP contribution in [0.1, 0.15) is 16.1 Å². The number of rotatable bonds is 5. The number of amides is 1. The summed E-state index contributed by atoms with van der Waals surface area (Å²) in [6, 6.07) is 20.8. The Kier molecular flexibility index (Phi) is 5.65. The number of ether oxygens (including phenoxy) is 1. The summed E-state index contributed by atoms with van der Waals surface area (Å²) >= 11 is 6.09. The van der Waals surface area contributed by atoms with Crippen molar-refractivity contribution < 1.29 is 13.9 Å². The van der Waals surface area contributed by atoms with Gasteiger partial charge in [-0.1, -0.05) is 54.1 Å². The Morgan fingerprint density at radius 2 is 1.64 bits per heavy atom. The summed E-state index contributed by atoms with van der Waals surface area (Å²) in [4.78, 5) is 16.9. The van der Waals surface area contributed by atoms with Gasteiger partial charge in [0.2, 0.25) is 0 Å². The maximum atomic E-state index is 12.7. The first-order valence-corrected chi connectivity index (χ1v) is 9.64. The van der Waals surface area contributed by atoms with E-state index in [1.807, 2.05) is 35.2 Å². The topological polar surface area (TPSA) is 45.9 Å². The number of carbonyl (C=O) groups is 1. The van der Waals surface area contributed by atoms with Crippen LogP contribution in [-0.4, -0.2) is 41.9 Å². The van der Waals surface area contributed by atoms with E-state index in [2.05, 4.69) is 17.0 Å². The average Bonchev–Trinajstić information content (AvgIpc) is 3.19. The molecule has 6 heteroatoms. The Labute approximate surface area is 169 Å². The molecule has 1 aromatic heterocycles. The molecule has 1 aliphatic heterocycles. The van der Waals surface area contributed by atoms with Crippen LogP contribution in [0.5, 0.6) is 11.7 Å². The second-order valence-electron chi connectivity index (χ2n) is 6.71. The molecule has 0 unspecified atom stereocenters. The molecule has 2 heterocycles. The number of benzene rings is 2. The number of nitrogens with zero attached hydrogens (tertiary/aromatic N) is 2. The summed E-state index contributed by atoms with van der Waals surface area (Å²) in [5.41, 5.74) is 1.29. The molecule has 3 aromatic rings. The van der Waals surface area contributed by atoms with Gasteiger partial charge in [-0.15, -0.1) is 0 Å². The third-order valence-electron chi connectivity index (χ3n) is 4.75. The second kappa shape index (κ2) is 8.50. The average molecular weight is 397 g/mol. The molecular weight excluding hydrogens is 376 g/mol. The zero-order chi connectivity index (χ0) is 19.3. The van der Waals surface area contributed by atoms with Crippen LogP contribution in [0, 0.1) is 0 Å². The first-order chi connectivity index (χ1) is 13.7. The van der Waals surface area contributed by atoms with E-state index >= 15 is 0 Å². The fourth-order valence-electron chi connectivity index (χ4n) is 3.23. The van der Waals surface area contributed by atoms with Crippen LogP contribution in [0.15, 0.2) is 71.1 Å². The number of halogens is 1. The Balaban J connectivity index is 1.33. The minimum atomic E-state index is -0.117. The van der Waals surface area contributed by atoms with Crippen molar-refractivity contribution in [3.63, 3.8) is 0 Å². The summed E-state index contributed by atoms with van der Waals surface area (Å²) in [6.07, 6.45) is 0. The summed E-state index contributed by atoms with van der Waals surface area (Å²) in [5.74, 6) is 0.901. The van der Waals surface area contributed by atoms with Crippen molar-refractivity contribution >= 4 is 17.5 Å². The fourth-order valence-corrected chi connectivity index (χ4v) is 3.41. The first kappa shape index (κ1) is 18.6. The molecule has 28 heavy (non-hydrogen) atoms. The highest BCUT2D eigenvalue weighted by molar-refractivity contribution is 6.32. The van der Waals surface area contributed by atoms with E-state index in [0.717, 1.165) is 19.6 Å². The van der Waals surface area contributed by atoms with Crippen molar-refractivity contribution in [2.45, 2.75) is 6.54 Å². The standard InChI is InChI=1S/C22H21ClN2O3/c23-18-8-4-5-9-19(18)27-21-11-10-20(28-21)22(26)25-14-12-24(13-15-25)16-17-6-2-1-3-7-17/h1-11H,12-16H2. The molecule has 0 N–H and O–H groups in total. The van der Waals surface area contributed by atoms with Crippen LogP contribution in [0.2, 0.25) is 5.02 Å². The van der Waals surface area contributed by atoms with E-state index in [4.69, 9.17) is 20.8 Å². The molecule has 0 aliphatic carbocycles. The molecule has 1 fully saturated rings. The largest absolute Gasteiger partial charge is 0.424 e. The van der Waals surface area contributed by atoms with Gasteiger partial charge in [0.1, 0.15) is 5.75 Å². The Morgan fingerprint density at radius 3 is 2.39 bits per heavy atom. The quantitative estimate of drug-likeness (QED) is 0.628. The molecule has 144 valence electrons. The molecule has 1 saturated heterocycles. The van der Waals surface area contributed by atoms with Crippen molar-refractivity contribution in [2.24, 2.45) is 0 Å². The molecule has 5 nitrogen and oxygen atoms in total. The van der Waals surface area contributed by atoms with E-state index in [-0.39, 0.29) is 17.6 Å². The van der Waals surface area contributed by atoms with Gasteiger partial charge in [0.25, 0.3) is 11.9 Å².